The van der Waals surface area contributed by atoms with E-state index >= 15 is 0 Å². The van der Waals surface area contributed by atoms with Crippen molar-refractivity contribution < 1.29 is 60.0 Å². The molecule has 422 valence electrons. The van der Waals surface area contributed by atoms with Crippen molar-refractivity contribution in [2.45, 2.75) is 57.5 Å². The third-order valence-electron chi connectivity index (χ3n) is 14.3. The number of halogens is 6. The van der Waals surface area contributed by atoms with Gasteiger partial charge in [0.25, 0.3) is 11.8 Å². The number of ether oxygens (including phenoxy) is 3. The Labute approximate surface area is 468 Å². The number of alkyl halides is 6. The summed E-state index contributed by atoms with van der Waals surface area (Å²) in [6.07, 6.45) is -4.70. The number of nitrogens with zero attached hydrogens (tertiary/aromatic N) is 3. The fourth-order valence-corrected chi connectivity index (χ4v) is 9.37. The Morgan fingerprint density at radius 3 is 1.32 bits per heavy atom. The van der Waals surface area contributed by atoms with E-state index in [4.69, 9.17) is 25.1 Å². The van der Waals surface area contributed by atoms with E-state index in [1.54, 1.807) is 18.3 Å². The maximum Gasteiger partial charge on any atom is 0.417 e. The molecule has 19 heteroatoms. The lowest BCUT2D eigenvalue weighted by atomic mass is 9.93. The van der Waals surface area contributed by atoms with Gasteiger partial charge < -0.3 is 35.7 Å². The van der Waals surface area contributed by atoms with Crippen LogP contribution in [0.5, 0.6) is 0 Å². The predicted molar refractivity (Wildman–Crippen MR) is 298 cm³/mol. The number of carbonyl (C=O) groups excluding carboxylic acids is 3. The third kappa shape index (κ3) is 13.7. The van der Waals surface area contributed by atoms with Crippen LogP contribution < -0.4 is 16.4 Å². The molecule has 0 saturated carbocycles. The molecule has 6 heterocycles. The first kappa shape index (κ1) is 58.0. The number of nitrogens with one attached hydrogen (secondary N) is 2. The molecule has 3 saturated heterocycles. The highest BCUT2D eigenvalue weighted by Gasteiger charge is 2.35. The summed E-state index contributed by atoms with van der Waals surface area (Å²) < 4.78 is 95.1. The molecule has 8 aromatic rings. The van der Waals surface area contributed by atoms with Gasteiger partial charge in [0.2, 0.25) is 0 Å². The van der Waals surface area contributed by atoms with E-state index in [1.807, 2.05) is 63.2 Å². The number of nitrogen functional groups attached to an aromatic ring is 1. The number of aliphatic hydroxyl groups excluding tert-OH is 1. The van der Waals surface area contributed by atoms with Crippen molar-refractivity contribution in [2.75, 3.05) is 56.0 Å². The summed E-state index contributed by atoms with van der Waals surface area (Å²) in [5.74, 6) is -0.180. The molecule has 3 aromatic heterocycles. The monoisotopic (exact) mass is 1120 g/mol. The van der Waals surface area contributed by atoms with Gasteiger partial charge in [0, 0.05) is 68.2 Å². The Morgan fingerprint density at radius 2 is 0.939 bits per heavy atom. The van der Waals surface area contributed by atoms with E-state index in [0.717, 1.165) is 87.4 Å². The second-order valence-corrected chi connectivity index (χ2v) is 20.0. The molecule has 11 rings (SSSR count). The van der Waals surface area contributed by atoms with E-state index in [1.165, 1.54) is 35.7 Å². The van der Waals surface area contributed by atoms with Crippen LogP contribution in [-0.4, -0.2) is 77.8 Å². The Hall–Kier alpha value is -8.62. The predicted octanol–water partition coefficient (Wildman–Crippen LogP) is 12.9. The van der Waals surface area contributed by atoms with Crippen molar-refractivity contribution in [3.63, 3.8) is 0 Å². The minimum Gasteiger partial charge on any atom is -0.397 e. The van der Waals surface area contributed by atoms with Crippen LogP contribution in [0.1, 0.15) is 99.3 Å². The zero-order valence-corrected chi connectivity index (χ0v) is 44.7. The first-order chi connectivity index (χ1) is 39.3. The number of nitrogens with two attached hydrogens (primary N) is 1. The lowest BCUT2D eigenvalue weighted by Crippen LogP contribution is -2.24. The van der Waals surface area contributed by atoms with Crippen LogP contribution >= 0.6 is 0 Å². The number of amides is 2. The van der Waals surface area contributed by atoms with Crippen molar-refractivity contribution in [1.82, 2.24) is 15.0 Å². The van der Waals surface area contributed by atoms with Crippen LogP contribution in [0.3, 0.4) is 0 Å². The summed E-state index contributed by atoms with van der Waals surface area (Å²) in [7, 11) is 0. The number of aromatic nitrogens is 3. The lowest BCUT2D eigenvalue weighted by molar-refractivity contribution is -0.139. The normalized spacial score (nSPS) is 14.4. The van der Waals surface area contributed by atoms with E-state index in [-0.39, 0.29) is 23.0 Å². The number of pyridine rings is 3. The van der Waals surface area contributed by atoms with Crippen LogP contribution in [0.25, 0.3) is 33.4 Å². The van der Waals surface area contributed by atoms with Gasteiger partial charge in [-0.25, -0.2) is 0 Å². The minimum absolute atomic E-state index is 0.116. The second-order valence-electron chi connectivity index (χ2n) is 20.0. The molecule has 0 spiro atoms. The van der Waals surface area contributed by atoms with Gasteiger partial charge in [-0.1, -0.05) is 84.9 Å². The molecule has 0 bridgehead atoms. The molecule has 3 aliphatic rings. The maximum atomic E-state index is 13.2. The Kier molecular flexibility index (Phi) is 17.7. The van der Waals surface area contributed by atoms with Crippen molar-refractivity contribution >= 4 is 35.2 Å². The number of aldehydes is 1. The number of aliphatic hydroxyl groups is 1. The molecule has 0 unspecified atom stereocenters. The van der Waals surface area contributed by atoms with E-state index < -0.39 is 47.5 Å². The van der Waals surface area contributed by atoms with Crippen LogP contribution in [0.4, 0.5) is 43.4 Å². The van der Waals surface area contributed by atoms with Gasteiger partial charge in [0.05, 0.1) is 93.0 Å². The summed E-state index contributed by atoms with van der Waals surface area (Å²) in [5.41, 5.74) is 15.8. The fourth-order valence-electron chi connectivity index (χ4n) is 9.37. The molecule has 0 radical (unpaired) electrons. The van der Waals surface area contributed by atoms with Gasteiger partial charge in [-0.05, 0) is 102 Å². The van der Waals surface area contributed by atoms with Crippen molar-refractivity contribution in [3.05, 3.63) is 213 Å². The highest BCUT2D eigenvalue weighted by atomic mass is 19.4. The highest BCUT2D eigenvalue weighted by molar-refractivity contribution is 6.05. The van der Waals surface area contributed by atoms with Gasteiger partial charge in [0.1, 0.15) is 0 Å². The Bertz CT molecular complexity index is 3650. The standard InChI is InChI=1S/C24H21F3N2O3.C24H19F3N2O3.C15H16N2O/c2*1-14-21(16-4-2-3-15(7-16)19-12-32-13-19)9-20(10-28-14)29-23(31)17-5-6-18(11-30)22(8-17)24(25,26)27;1-10-15(6-14(16)7-17-10)12-4-2-3-11(5-12)13-8-18-9-13/h2-10,19,30H,11-13H2,1H3,(H,29,31);2-11,19H,12-13H2,1H3,(H,29,31);2-7,13H,8-9,16H2,1H3. The topological polar surface area (TPSA) is 188 Å². The minimum atomic E-state index is -4.75. The fraction of sp³-hybridized carbons (Fsp3) is 0.238. The molecule has 3 fully saturated rings. The van der Waals surface area contributed by atoms with Crippen LogP contribution in [0.2, 0.25) is 0 Å². The van der Waals surface area contributed by atoms with Crippen molar-refractivity contribution in [3.8, 4) is 33.4 Å². The molecular weight excluding hydrogens is 1070 g/mol. The number of anilines is 3. The first-order valence-corrected chi connectivity index (χ1v) is 26.1. The largest absolute Gasteiger partial charge is 0.417 e. The molecule has 82 heavy (non-hydrogen) atoms. The van der Waals surface area contributed by atoms with Gasteiger partial charge in [-0.15, -0.1) is 0 Å². The Balaban J connectivity index is 0.000000154. The average molecular weight is 1120 g/mol. The quantitative estimate of drug-likeness (QED) is 0.0673. The number of hydrogen-bond donors (Lipinski definition) is 4. The summed E-state index contributed by atoms with van der Waals surface area (Å²) in [6, 6.07) is 36.0. The Morgan fingerprint density at radius 1 is 0.549 bits per heavy atom. The number of carbonyl (C=O) groups is 3. The second kappa shape index (κ2) is 25.0. The summed E-state index contributed by atoms with van der Waals surface area (Å²) in [4.78, 5) is 49.1. The van der Waals surface area contributed by atoms with Gasteiger partial charge >= 0.3 is 12.4 Å². The number of benzene rings is 5. The third-order valence-corrected chi connectivity index (χ3v) is 14.3. The van der Waals surface area contributed by atoms with Gasteiger partial charge in [-0.2, -0.15) is 26.3 Å². The average Bonchev–Trinajstić information content (AvgIpc) is 3.57. The summed E-state index contributed by atoms with van der Waals surface area (Å²) in [5, 5.41) is 14.4. The smallest absolute Gasteiger partial charge is 0.397 e. The molecular formula is C63H56F6N6O7. The van der Waals surface area contributed by atoms with Crippen molar-refractivity contribution in [2.24, 2.45) is 0 Å². The highest BCUT2D eigenvalue weighted by Crippen LogP contribution is 2.37. The molecule has 5 aromatic carbocycles. The van der Waals surface area contributed by atoms with Crippen molar-refractivity contribution in [1.29, 1.82) is 0 Å². The summed E-state index contributed by atoms with van der Waals surface area (Å²) in [6.45, 7) is 9.32. The van der Waals surface area contributed by atoms with E-state index in [0.29, 0.717) is 67.3 Å². The van der Waals surface area contributed by atoms with E-state index in [2.05, 4.69) is 62.0 Å². The maximum absolute atomic E-state index is 13.2. The van der Waals surface area contributed by atoms with Crippen LogP contribution in [0.15, 0.2) is 146 Å². The number of rotatable bonds is 12. The van der Waals surface area contributed by atoms with Gasteiger partial charge in [0.15, 0.2) is 6.29 Å². The molecule has 3 aliphatic heterocycles. The van der Waals surface area contributed by atoms with Crippen LogP contribution in [0, 0.1) is 20.8 Å². The lowest BCUT2D eigenvalue weighted by Gasteiger charge is -2.26. The molecule has 5 N–H and O–H groups in total. The molecule has 13 nitrogen and oxygen atoms in total. The molecule has 2 amide bonds. The number of aryl methyl sites for hydroxylation is 3. The molecule has 0 atom stereocenters. The van der Waals surface area contributed by atoms with E-state index in [9.17, 15) is 40.7 Å². The first-order valence-electron chi connectivity index (χ1n) is 26.1. The zero-order chi connectivity index (χ0) is 58.3. The van der Waals surface area contributed by atoms with Crippen LogP contribution in [-0.2, 0) is 33.2 Å². The zero-order valence-electron chi connectivity index (χ0n) is 44.7. The van der Waals surface area contributed by atoms with Gasteiger partial charge in [-0.3, -0.25) is 29.3 Å². The summed E-state index contributed by atoms with van der Waals surface area (Å²) >= 11 is 0. The number of hydrogen-bond acceptors (Lipinski definition) is 11. The molecule has 0 aliphatic carbocycles. The SMILES string of the molecule is Cc1ncc(N)cc1-c1cccc(C2COC2)c1.Cc1ncc(NC(=O)c2ccc(C=O)c(C(F)(F)F)c2)cc1-c1cccc(C2COC2)c1.Cc1ncc(NC(=O)c2ccc(CO)c(C(F)(F)F)c2)cc1-c1cccc(C2COC2)c1.